The summed E-state index contributed by atoms with van der Waals surface area (Å²) in [6.07, 6.45) is 2.97. The highest BCUT2D eigenvalue weighted by Gasteiger charge is 2.12. The van der Waals surface area contributed by atoms with Gasteiger partial charge in [0, 0.05) is 6.20 Å². The van der Waals surface area contributed by atoms with E-state index in [0.29, 0.717) is 13.2 Å². The van der Waals surface area contributed by atoms with Crippen molar-refractivity contribution in [2.45, 2.75) is 13.5 Å². The number of nitrogens with zero attached hydrogens (tertiary/aromatic N) is 2. The van der Waals surface area contributed by atoms with Gasteiger partial charge in [-0.25, -0.2) is 4.79 Å². The van der Waals surface area contributed by atoms with Crippen LogP contribution in [0.3, 0.4) is 0 Å². The molecule has 0 aliphatic rings. The van der Waals surface area contributed by atoms with E-state index in [4.69, 9.17) is 9.15 Å². The molecule has 2 aromatic heterocycles. The van der Waals surface area contributed by atoms with Crippen LogP contribution in [0.1, 0.15) is 23.1 Å². The Balaban J connectivity index is 1.93. The predicted octanol–water partition coefficient (Wildman–Crippen LogP) is 1.86. The summed E-state index contributed by atoms with van der Waals surface area (Å²) < 4.78 is 9.91. The van der Waals surface area contributed by atoms with Crippen LogP contribution >= 0.6 is 0 Å². The summed E-state index contributed by atoms with van der Waals surface area (Å²) in [4.78, 5) is 19.5. The van der Waals surface area contributed by atoms with Gasteiger partial charge in [-0.1, -0.05) is 6.07 Å². The summed E-state index contributed by atoms with van der Waals surface area (Å²) in [6.45, 7) is 2.52. The van der Waals surface area contributed by atoms with Gasteiger partial charge in [-0.3, -0.25) is 4.98 Å². The maximum atomic E-state index is 11.3. The summed E-state index contributed by atoms with van der Waals surface area (Å²) in [6, 6.07) is 5.88. The molecule has 0 radical (unpaired) electrons. The second-order valence-electron chi connectivity index (χ2n) is 3.43. The number of anilines is 1. The van der Waals surface area contributed by atoms with E-state index >= 15 is 0 Å². The van der Waals surface area contributed by atoms with Gasteiger partial charge in [0.05, 0.1) is 18.8 Å². The largest absolute Gasteiger partial charge is 0.461 e. The van der Waals surface area contributed by atoms with E-state index in [-0.39, 0.29) is 11.7 Å². The number of carbonyl (C=O) groups is 1. The summed E-state index contributed by atoms with van der Waals surface area (Å²) in [5, 5.41) is 2.93. The lowest BCUT2D eigenvalue weighted by Gasteiger charge is -1.99. The second kappa shape index (κ2) is 5.81. The van der Waals surface area contributed by atoms with Crippen molar-refractivity contribution in [2.24, 2.45) is 0 Å². The van der Waals surface area contributed by atoms with E-state index < -0.39 is 5.97 Å². The van der Waals surface area contributed by atoms with Gasteiger partial charge in [-0.05, 0) is 19.1 Å². The first-order chi connectivity index (χ1) is 8.79. The molecule has 0 fully saturated rings. The maximum Gasteiger partial charge on any atom is 0.360 e. The van der Waals surface area contributed by atoms with Gasteiger partial charge in [0.2, 0.25) is 0 Å². The first kappa shape index (κ1) is 12.1. The molecule has 6 heteroatoms. The molecule has 0 aliphatic heterocycles. The number of pyridine rings is 1. The van der Waals surface area contributed by atoms with Crippen molar-refractivity contribution in [1.29, 1.82) is 0 Å². The first-order valence-corrected chi connectivity index (χ1v) is 5.56. The number of oxazole rings is 1. The van der Waals surface area contributed by atoms with E-state index in [0.717, 1.165) is 5.69 Å². The Labute approximate surface area is 104 Å². The average Bonchev–Trinajstić information content (AvgIpc) is 2.87. The lowest BCUT2D eigenvalue weighted by molar-refractivity contribution is 0.0519. The van der Waals surface area contributed by atoms with Gasteiger partial charge in [-0.2, -0.15) is 4.98 Å². The summed E-state index contributed by atoms with van der Waals surface area (Å²) >= 11 is 0. The van der Waals surface area contributed by atoms with Crippen molar-refractivity contribution in [3.05, 3.63) is 42.0 Å². The van der Waals surface area contributed by atoms with Crippen molar-refractivity contribution >= 4 is 12.0 Å². The van der Waals surface area contributed by atoms with E-state index in [2.05, 4.69) is 15.3 Å². The van der Waals surface area contributed by atoms with Gasteiger partial charge >= 0.3 is 5.97 Å². The summed E-state index contributed by atoms with van der Waals surface area (Å²) in [5.74, 6) is -0.493. The van der Waals surface area contributed by atoms with E-state index in [9.17, 15) is 4.79 Å². The van der Waals surface area contributed by atoms with Gasteiger partial charge in [0.25, 0.3) is 6.01 Å². The number of aromatic nitrogens is 2. The lowest BCUT2D eigenvalue weighted by Crippen LogP contribution is -2.06. The SMILES string of the molecule is CCOC(=O)c1coc(NCc2ccccn2)n1. The predicted molar refractivity (Wildman–Crippen MR) is 64.0 cm³/mol. The molecule has 0 bridgehead atoms. The topological polar surface area (TPSA) is 77.2 Å². The molecule has 2 rings (SSSR count). The molecule has 2 aromatic rings. The Kier molecular flexibility index (Phi) is 3.90. The standard InChI is InChI=1S/C12H13N3O3/c1-2-17-11(16)10-8-18-12(15-10)14-7-9-5-3-4-6-13-9/h3-6,8H,2,7H2,1H3,(H,14,15). The molecule has 94 valence electrons. The molecular formula is C12H13N3O3. The molecule has 0 saturated heterocycles. The van der Waals surface area contributed by atoms with Gasteiger partial charge < -0.3 is 14.5 Å². The first-order valence-electron chi connectivity index (χ1n) is 5.56. The quantitative estimate of drug-likeness (QED) is 0.812. The number of carbonyl (C=O) groups excluding carboxylic acids is 1. The van der Waals surface area contributed by atoms with Crippen molar-refractivity contribution < 1.29 is 13.9 Å². The fourth-order valence-electron chi connectivity index (χ4n) is 1.32. The Morgan fingerprint density at radius 3 is 3.11 bits per heavy atom. The van der Waals surface area contributed by atoms with Crippen molar-refractivity contribution in [1.82, 2.24) is 9.97 Å². The molecule has 0 amide bonds. The third-order valence-electron chi connectivity index (χ3n) is 2.14. The number of rotatable bonds is 5. The molecule has 18 heavy (non-hydrogen) atoms. The highest BCUT2D eigenvalue weighted by Crippen LogP contribution is 2.09. The number of hydrogen-bond acceptors (Lipinski definition) is 6. The van der Waals surface area contributed by atoms with E-state index in [1.54, 1.807) is 13.1 Å². The normalized spacial score (nSPS) is 10.1. The zero-order valence-corrected chi connectivity index (χ0v) is 9.92. The minimum absolute atomic E-state index is 0.153. The molecule has 0 atom stereocenters. The third kappa shape index (κ3) is 3.07. The van der Waals surface area contributed by atoms with Crippen LogP contribution in [0.2, 0.25) is 0 Å². The maximum absolute atomic E-state index is 11.3. The van der Waals surface area contributed by atoms with E-state index in [1.807, 2.05) is 18.2 Å². The van der Waals surface area contributed by atoms with Crippen LogP contribution in [-0.4, -0.2) is 22.5 Å². The smallest absolute Gasteiger partial charge is 0.360 e. The van der Waals surface area contributed by atoms with Crippen LogP contribution in [0.4, 0.5) is 6.01 Å². The van der Waals surface area contributed by atoms with Crippen LogP contribution in [0.15, 0.2) is 35.1 Å². The molecule has 6 nitrogen and oxygen atoms in total. The lowest BCUT2D eigenvalue weighted by atomic mass is 10.3. The molecular weight excluding hydrogens is 234 g/mol. The van der Waals surface area contributed by atoms with Gasteiger partial charge in [0.15, 0.2) is 5.69 Å². The van der Waals surface area contributed by atoms with Crippen LogP contribution < -0.4 is 5.32 Å². The zero-order chi connectivity index (χ0) is 12.8. The molecule has 2 heterocycles. The van der Waals surface area contributed by atoms with Crippen LogP contribution in [0.25, 0.3) is 0 Å². The highest BCUT2D eigenvalue weighted by molar-refractivity contribution is 5.87. The number of nitrogens with one attached hydrogen (secondary N) is 1. The van der Waals surface area contributed by atoms with E-state index in [1.165, 1.54) is 6.26 Å². The second-order valence-corrected chi connectivity index (χ2v) is 3.43. The zero-order valence-electron chi connectivity index (χ0n) is 9.92. The van der Waals surface area contributed by atoms with Gasteiger partial charge in [-0.15, -0.1) is 0 Å². The van der Waals surface area contributed by atoms with Crippen LogP contribution in [-0.2, 0) is 11.3 Å². The Morgan fingerprint density at radius 2 is 2.39 bits per heavy atom. The van der Waals surface area contributed by atoms with Gasteiger partial charge in [0.1, 0.15) is 6.26 Å². The molecule has 0 saturated carbocycles. The molecule has 0 unspecified atom stereocenters. The Bertz CT molecular complexity index is 510. The van der Waals surface area contributed by atoms with Crippen molar-refractivity contribution in [2.75, 3.05) is 11.9 Å². The Hall–Kier alpha value is -2.37. The fraction of sp³-hybridized carbons (Fsp3) is 0.250. The summed E-state index contributed by atoms with van der Waals surface area (Å²) in [7, 11) is 0. The summed E-state index contributed by atoms with van der Waals surface area (Å²) in [5.41, 5.74) is 1.01. The number of esters is 1. The van der Waals surface area contributed by atoms with Crippen LogP contribution in [0, 0.1) is 0 Å². The average molecular weight is 247 g/mol. The van der Waals surface area contributed by atoms with Crippen LogP contribution in [0.5, 0.6) is 0 Å². The van der Waals surface area contributed by atoms with Crippen molar-refractivity contribution in [3.63, 3.8) is 0 Å². The molecule has 0 spiro atoms. The molecule has 1 N–H and O–H groups in total. The monoisotopic (exact) mass is 247 g/mol. The third-order valence-corrected chi connectivity index (χ3v) is 2.14. The number of hydrogen-bond donors (Lipinski definition) is 1. The Morgan fingerprint density at radius 1 is 1.50 bits per heavy atom. The minimum Gasteiger partial charge on any atom is -0.461 e. The van der Waals surface area contributed by atoms with Crippen molar-refractivity contribution in [3.8, 4) is 0 Å². The highest BCUT2D eigenvalue weighted by atomic mass is 16.5. The fourth-order valence-corrected chi connectivity index (χ4v) is 1.32. The number of ether oxygens (including phenoxy) is 1. The minimum atomic E-state index is -0.493. The molecule has 0 aliphatic carbocycles. The molecule has 0 aromatic carbocycles.